The molecule has 140 valence electrons. The van der Waals surface area contributed by atoms with Gasteiger partial charge >= 0.3 is 0 Å². The molecule has 5 nitrogen and oxygen atoms in total. The van der Waals surface area contributed by atoms with E-state index < -0.39 is 0 Å². The minimum atomic E-state index is 0.305. The summed E-state index contributed by atoms with van der Waals surface area (Å²) in [5.74, 6) is 1.81. The summed E-state index contributed by atoms with van der Waals surface area (Å²) in [4.78, 5) is 2.49. The quantitative estimate of drug-likeness (QED) is 0.788. The zero-order chi connectivity index (χ0) is 18.2. The maximum atomic E-state index is 5.53. The van der Waals surface area contributed by atoms with E-state index in [9.17, 15) is 0 Å². The highest BCUT2D eigenvalue weighted by Gasteiger charge is 2.22. The van der Waals surface area contributed by atoms with Crippen LogP contribution in [-0.4, -0.2) is 52.0 Å². The Morgan fingerprint density at radius 3 is 2.42 bits per heavy atom. The maximum Gasteiger partial charge on any atom is 0.123 e. The van der Waals surface area contributed by atoms with Crippen molar-refractivity contribution >= 4 is 0 Å². The molecular weight excluding hydrogens is 328 g/mol. The normalized spacial score (nSPS) is 16.2. The van der Waals surface area contributed by atoms with Crippen LogP contribution >= 0.6 is 0 Å². The van der Waals surface area contributed by atoms with Gasteiger partial charge in [0.15, 0.2) is 0 Å². The minimum Gasteiger partial charge on any atom is -0.497 e. The average molecular weight is 356 g/mol. The molecule has 3 rings (SSSR count). The van der Waals surface area contributed by atoms with Gasteiger partial charge in [-0.1, -0.05) is 30.3 Å². The maximum absolute atomic E-state index is 5.53. The van der Waals surface area contributed by atoms with Gasteiger partial charge in [-0.15, -0.1) is 0 Å². The van der Waals surface area contributed by atoms with E-state index in [1.165, 1.54) is 11.1 Å². The van der Waals surface area contributed by atoms with Crippen molar-refractivity contribution in [3.05, 3.63) is 59.7 Å². The lowest BCUT2D eigenvalue weighted by atomic mass is 10.0. The highest BCUT2D eigenvalue weighted by molar-refractivity contribution is 5.33. The van der Waals surface area contributed by atoms with E-state index in [1.807, 2.05) is 30.3 Å². The highest BCUT2D eigenvalue weighted by atomic mass is 16.5. The van der Waals surface area contributed by atoms with Gasteiger partial charge < -0.3 is 19.5 Å². The molecule has 1 fully saturated rings. The van der Waals surface area contributed by atoms with Crippen molar-refractivity contribution in [2.45, 2.75) is 12.6 Å². The van der Waals surface area contributed by atoms with Crippen molar-refractivity contribution in [2.75, 3.05) is 47.1 Å². The van der Waals surface area contributed by atoms with E-state index >= 15 is 0 Å². The molecule has 0 aliphatic carbocycles. The monoisotopic (exact) mass is 356 g/mol. The number of morpholine rings is 1. The second kappa shape index (κ2) is 9.57. The van der Waals surface area contributed by atoms with E-state index in [0.717, 1.165) is 50.9 Å². The molecule has 1 aliphatic heterocycles. The SMILES string of the molecule is COc1ccc(C(CNCc2ccccc2OC)N2CCOCC2)cc1. The molecule has 0 spiro atoms. The van der Waals surface area contributed by atoms with E-state index in [4.69, 9.17) is 14.2 Å². The van der Waals surface area contributed by atoms with Crippen LogP contribution in [0.1, 0.15) is 17.2 Å². The van der Waals surface area contributed by atoms with E-state index in [0.29, 0.717) is 6.04 Å². The molecule has 0 aromatic heterocycles. The first kappa shape index (κ1) is 18.7. The van der Waals surface area contributed by atoms with Crippen LogP contribution in [0.15, 0.2) is 48.5 Å². The fourth-order valence-electron chi connectivity index (χ4n) is 3.37. The lowest BCUT2D eigenvalue weighted by Crippen LogP contribution is -2.42. The van der Waals surface area contributed by atoms with Gasteiger partial charge in [-0.2, -0.15) is 0 Å². The van der Waals surface area contributed by atoms with Crippen molar-refractivity contribution in [1.29, 1.82) is 0 Å². The van der Waals surface area contributed by atoms with E-state index in [1.54, 1.807) is 14.2 Å². The van der Waals surface area contributed by atoms with Crippen molar-refractivity contribution in [1.82, 2.24) is 10.2 Å². The Balaban J connectivity index is 1.68. The minimum absolute atomic E-state index is 0.305. The molecule has 1 atom stereocenters. The number of rotatable bonds is 8. The number of methoxy groups -OCH3 is 2. The fourth-order valence-corrected chi connectivity index (χ4v) is 3.37. The lowest BCUT2D eigenvalue weighted by Gasteiger charge is -2.35. The van der Waals surface area contributed by atoms with Crippen LogP contribution < -0.4 is 14.8 Å². The van der Waals surface area contributed by atoms with Crippen molar-refractivity contribution in [2.24, 2.45) is 0 Å². The van der Waals surface area contributed by atoms with Gasteiger partial charge in [0, 0.05) is 37.8 Å². The summed E-state index contributed by atoms with van der Waals surface area (Å²) in [6, 6.07) is 16.8. The molecule has 0 bridgehead atoms. The molecular formula is C21H28N2O3. The van der Waals surface area contributed by atoms with Crippen LogP contribution in [0.2, 0.25) is 0 Å². The molecule has 1 heterocycles. The molecule has 26 heavy (non-hydrogen) atoms. The smallest absolute Gasteiger partial charge is 0.123 e. The molecule has 1 N–H and O–H groups in total. The summed E-state index contributed by atoms with van der Waals surface area (Å²) in [5, 5.41) is 3.61. The first-order chi connectivity index (χ1) is 12.8. The molecule has 2 aromatic rings. The van der Waals surface area contributed by atoms with Gasteiger partial charge in [0.05, 0.1) is 27.4 Å². The lowest BCUT2D eigenvalue weighted by molar-refractivity contribution is 0.0161. The predicted octanol–water partition coefficient (Wildman–Crippen LogP) is 2.87. The summed E-state index contributed by atoms with van der Waals surface area (Å²) in [6.45, 7) is 5.13. The Hall–Kier alpha value is -2.08. The molecule has 1 aliphatic rings. The standard InChI is InChI=1S/C21H28N2O3/c1-24-19-9-7-17(8-10-19)20(23-11-13-26-14-12-23)16-22-15-18-5-3-4-6-21(18)25-2/h3-10,20,22H,11-16H2,1-2H3. The molecule has 1 unspecified atom stereocenters. The largest absolute Gasteiger partial charge is 0.497 e. The van der Waals surface area contributed by atoms with Gasteiger partial charge in [0.25, 0.3) is 0 Å². The number of nitrogens with zero attached hydrogens (tertiary/aromatic N) is 1. The number of benzene rings is 2. The number of para-hydroxylation sites is 1. The Labute approximate surface area is 155 Å². The van der Waals surface area contributed by atoms with Crippen LogP contribution in [0.4, 0.5) is 0 Å². The predicted molar refractivity (Wildman–Crippen MR) is 103 cm³/mol. The van der Waals surface area contributed by atoms with Crippen LogP contribution in [0.3, 0.4) is 0 Å². The van der Waals surface area contributed by atoms with Crippen LogP contribution in [0, 0.1) is 0 Å². The van der Waals surface area contributed by atoms with Crippen molar-refractivity contribution in [3.8, 4) is 11.5 Å². The van der Waals surface area contributed by atoms with Gasteiger partial charge in [0.2, 0.25) is 0 Å². The Morgan fingerprint density at radius 2 is 1.73 bits per heavy atom. The number of ether oxygens (including phenoxy) is 3. The molecule has 0 amide bonds. The van der Waals surface area contributed by atoms with Crippen LogP contribution in [-0.2, 0) is 11.3 Å². The molecule has 0 saturated carbocycles. The van der Waals surface area contributed by atoms with E-state index in [-0.39, 0.29) is 0 Å². The van der Waals surface area contributed by atoms with Gasteiger partial charge in [0.1, 0.15) is 11.5 Å². The number of hydrogen-bond acceptors (Lipinski definition) is 5. The fraction of sp³-hybridized carbons (Fsp3) is 0.429. The summed E-state index contributed by atoms with van der Waals surface area (Å²) in [5.41, 5.74) is 2.46. The molecule has 2 aromatic carbocycles. The summed E-state index contributed by atoms with van der Waals surface area (Å²) in [7, 11) is 3.41. The van der Waals surface area contributed by atoms with E-state index in [2.05, 4.69) is 28.4 Å². The summed E-state index contributed by atoms with van der Waals surface area (Å²) < 4.78 is 16.3. The van der Waals surface area contributed by atoms with Crippen LogP contribution in [0.25, 0.3) is 0 Å². The third kappa shape index (κ3) is 4.75. The number of nitrogens with one attached hydrogen (secondary N) is 1. The zero-order valence-corrected chi connectivity index (χ0v) is 15.6. The highest BCUT2D eigenvalue weighted by Crippen LogP contribution is 2.24. The average Bonchev–Trinajstić information content (AvgIpc) is 2.72. The number of hydrogen-bond donors (Lipinski definition) is 1. The Bertz CT molecular complexity index is 669. The van der Waals surface area contributed by atoms with Crippen LogP contribution in [0.5, 0.6) is 11.5 Å². The van der Waals surface area contributed by atoms with Gasteiger partial charge in [-0.25, -0.2) is 0 Å². The Morgan fingerprint density at radius 1 is 1.00 bits per heavy atom. The molecule has 5 heteroatoms. The Kier molecular flexibility index (Phi) is 6.89. The molecule has 1 saturated heterocycles. The zero-order valence-electron chi connectivity index (χ0n) is 15.6. The third-order valence-corrected chi connectivity index (χ3v) is 4.83. The van der Waals surface area contributed by atoms with Gasteiger partial charge in [-0.3, -0.25) is 4.90 Å². The van der Waals surface area contributed by atoms with Gasteiger partial charge in [-0.05, 0) is 23.8 Å². The second-order valence-electron chi connectivity index (χ2n) is 6.38. The second-order valence-corrected chi connectivity index (χ2v) is 6.38. The first-order valence-electron chi connectivity index (χ1n) is 9.10. The molecule has 0 radical (unpaired) electrons. The van der Waals surface area contributed by atoms with Crippen molar-refractivity contribution in [3.63, 3.8) is 0 Å². The van der Waals surface area contributed by atoms with Crippen molar-refractivity contribution < 1.29 is 14.2 Å². The first-order valence-corrected chi connectivity index (χ1v) is 9.10. The summed E-state index contributed by atoms with van der Waals surface area (Å²) >= 11 is 0. The topological polar surface area (TPSA) is 43.0 Å². The third-order valence-electron chi connectivity index (χ3n) is 4.83. The summed E-state index contributed by atoms with van der Waals surface area (Å²) in [6.07, 6.45) is 0.